The van der Waals surface area contributed by atoms with Gasteiger partial charge in [-0.25, -0.2) is 4.79 Å². The molecule has 2 aliphatic rings. The predicted molar refractivity (Wildman–Crippen MR) is 119 cm³/mol. The van der Waals surface area contributed by atoms with Gasteiger partial charge in [0.1, 0.15) is 5.54 Å². The van der Waals surface area contributed by atoms with Crippen LogP contribution in [0, 0.1) is 0 Å². The molecule has 1 atom stereocenters. The highest BCUT2D eigenvalue weighted by atomic mass is 32.1. The third-order valence-corrected chi connectivity index (χ3v) is 6.91. The molecule has 1 aromatic heterocycles. The van der Waals surface area contributed by atoms with Crippen LogP contribution >= 0.6 is 11.3 Å². The summed E-state index contributed by atoms with van der Waals surface area (Å²) in [6, 6.07) is 17.8. The number of carbonyl (C=O) groups is 3. The minimum Gasteiger partial charge on any atom is -0.322 e. The molecule has 0 saturated carbocycles. The standard InChI is InChI=1S/C24H21N3O3S/c28-21(25-18-5-2-1-3-6-18)17-10-8-16(9-11-17)15-27-22(29)24(26-23(27)30)13-4-7-20-19(24)12-14-31-20/h1-3,5-6,8-12,14H,4,7,13,15H2,(H,25,28)(H,26,30)/t24-/m0/s1. The number of nitrogens with one attached hydrogen (secondary N) is 2. The molecule has 4 amide bonds. The summed E-state index contributed by atoms with van der Waals surface area (Å²) in [5.74, 6) is -0.401. The number of hydrogen-bond donors (Lipinski definition) is 2. The molecule has 156 valence electrons. The topological polar surface area (TPSA) is 78.5 Å². The van der Waals surface area contributed by atoms with Gasteiger partial charge in [0.25, 0.3) is 11.8 Å². The number of hydrogen-bond acceptors (Lipinski definition) is 4. The van der Waals surface area contributed by atoms with Crippen LogP contribution in [-0.4, -0.2) is 22.7 Å². The van der Waals surface area contributed by atoms with E-state index in [1.807, 2.05) is 41.8 Å². The lowest BCUT2D eigenvalue weighted by molar-refractivity contribution is -0.132. The second-order valence-corrected chi connectivity index (χ2v) is 8.86. The Kier molecular flexibility index (Phi) is 4.82. The molecule has 1 aliphatic carbocycles. The van der Waals surface area contributed by atoms with Gasteiger partial charge in [-0.1, -0.05) is 30.3 Å². The van der Waals surface area contributed by atoms with Crippen molar-refractivity contribution in [3.05, 3.63) is 87.6 Å². The first kappa shape index (κ1) is 19.5. The van der Waals surface area contributed by atoms with Gasteiger partial charge in [0.05, 0.1) is 6.54 Å². The Balaban J connectivity index is 1.31. The summed E-state index contributed by atoms with van der Waals surface area (Å²) in [5.41, 5.74) is 2.04. The van der Waals surface area contributed by atoms with Gasteiger partial charge in [-0.15, -0.1) is 11.3 Å². The zero-order chi connectivity index (χ0) is 21.4. The number of carbonyl (C=O) groups excluding carboxylic acids is 3. The number of urea groups is 1. The molecule has 0 unspecified atom stereocenters. The molecule has 7 heteroatoms. The third-order valence-electron chi connectivity index (χ3n) is 5.93. The summed E-state index contributed by atoms with van der Waals surface area (Å²) >= 11 is 1.64. The monoisotopic (exact) mass is 431 g/mol. The van der Waals surface area contributed by atoms with Gasteiger partial charge in [-0.3, -0.25) is 14.5 Å². The molecule has 0 radical (unpaired) electrons. The van der Waals surface area contributed by atoms with E-state index in [0.29, 0.717) is 12.0 Å². The van der Waals surface area contributed by atoms with E-state index >= 15 is 0 Å². The number of benzene rings is 2. The Morgan fingerprint density at radius 3 is 2.61 bits per heavy atom. The highest BCUT2D eigenvalue weighted by Gasteiger charge is 2.54. The first-order valence-corrected chi connectivity index (χ1v) is 11.1. The number of nitrogens with zero attached hydrogens (tertiary/aromatic N) is 1. The molecule has 1 spiro atoms. The van der Waals surface area contributed by atoms with Crippen molar-refractivity contribution in [1.29, 1.82) is 0 Å². The van der Waals surface area contributed by atoms with Crippen molar-refractivity contribution in [2.24, 2.45) is 0 Å². The predicted octanol–water partition coefficient (Wildman–Crippen LogP) is 4.28. The Labute approximate surface area is 183 Å². The third kappa shape index (κ3) is 3.41. The summed E-state index contributed by atoms with van der Waals surface area (Å²) in [5, 5.41) is 7.80. The maximum Gasteiger partial charge on any atom is 0.325 e. The van der Waals surface area contributed by atoms with Crippen molar-refractivity contribution < 1.29 is 14.4 Å². The zero-order valence-corrected chi connectivity index (χ0v) is 17.6. The van der Waals surface area contributed by atoms with E-state index < -0.39 is 5.54 Å². The average molecular weight is 432 g/mol. The summed E-state index contributed by atoms with van der Waals surface area (Å²) in [6.45, 7) is 0.173. The van der Waals surface area contributed by atoms with Gasteiger partial charge < -0.3 is 10.6 Å². The number of para-hydroxylation sites is 1. The average Bonchev–Trinajstić information content (AvgIpc) is 3.36. The molecule has 5 rings (SSSR count). The fraction of sp³-hybridized carbons (Fsp3) is 0.208. The summed E-state index contributed by atoms with van der Waals surface area (Å²) < 4.78 is 0. The van der Waals surface area contributed by atoms with E-state index in [4.69, 9.17) is 0 Å². The smallest absolute Gasteiger partial charge is 0.322 e. The molecule has 2 aromatic carbocycles. The van der Waals surface area contributed by atoms with Crippen LogP contribution in [0.2, 0.25) is 0 Å². The molecular formula is C24H21N3O3S. The van der Waals surface area contributed by atoms with E-state index in [2.05, 4.69) is 10.6 Å². The van der Waals surface area contributed by atoms with Crippen LogP contribution in [0.3, 0.4) is 0 Å². The first-order valence-electron chi connectivity index (χ1n) is 10.2. The molecule has 1 fully saturated rings. The molecule has 2 N–H and O–H groups in total. The lowest BCUT2D eigenvalue weighted by Crippen LogP contribution is -2.46. The number of amides is 4. The van der Waals surface area contributed by atoms with Crippen LogP contribution in [0.15, 0.2) is 66.0 Å². The molecule has 1 aliphatic heterocycles. The Bertz CT molecular complexity index is 1160. The van der Waals surface area contributed by atoms with Crippen LogP contribution in [-0.2, 0) is 23.3 Å². The fourth-order valence-electron chi connectivity index (χ4n) is 4.35. The number of rotatable bonds is 4. The first-order chi connectivity index (χ1) is 15.1. The van der Waals surface area contributed by atoms with Crippen molar-refractivity contribution in [2.45, 2.75) is 31.3 Å². The van der Waals surface area contributed by atoms with Gasteiger partial charge in [0.2, 0.25) is 0 Å². The van der Waals surface area contributed by atoms with Gasteiger partial charge in [0, 0.05) is 21.7 Å². The van der Waals surface area contributed by atoms with Gasteiger partial charge >= 0.3 is 6.03 Å². The summed E-state index contributed by atoms with van der Waals surface area (Å²) in [6.07, 6.45) is 2.44. The SMILES string of the molecule is O=C(Nc1ccccc1)c1ccc(CN2C(=O)N[C@]3(CCCc4sccc43)C2=O)cc1. The van der Waals surface area contributed by atoms with Crippen molar-refractivity contribution in [3.8, 4) is 0 Å². The largest absolute Gasteiger partial charge is 0.325 e. The molecule has 0 bridgehead atoms. The highest BCUT2D eigenvalue weighted by Crippen LogP contribution is 2.42. The lowest BCUT2D eigenvalue weighted by atomic mass is 9.80. The van der Waals surface area contributed by atoms with Crippen LogP contribution in [0.5, 0.6) is 0 Å². The Hall–Kier alpha value is -3.45. The van der Waals surface area contributed by atoms with Crippen molar-refractivity contribution in [2.75, 3.05) is 5.32 Å². The number of thiophene rings is 1. The molecule has 31 heavy (non-hydrogen) atoms. The molecule has 6 nitrogen and oxygen atoms in total. The quantitative estimate of drug-likeness (QED) is 0.605. The second-order valence-electron chi connectivity index (χ2n) is 7.85. The Morgan fingerprint density at radius 1 is 1.06 bits per heavy atom. The minimum atomic E-state index is -0.930. The molecular weight excluding hydrogens is 410 g/mol. The van der Waals surface area contributed by atoms with E-state index in [1.54, 1.807) is 35.6 Å². The van der Waals surface area contributed by atoms with E-state index in [9.17, 15) is 14.4 Å². The van der Waals surface area contributed by atoms with Crippen molar-refractivity contribution in [1.82, 2.24) is 10.2 Å². The van der Waals surface area contributed by atoms with Gasteiger partial charge in [-0.05, 0) is 60.5 Å². The maximum atomic E-state index is 13.3. The number of imide groups is 1. The number of aryl methyl sites for hydroxylation is 1. The Morgan fingerprint density at radius 2 is 1.84 bits per heavy atom. The molecule has 3 aromatic rings. The van der Waals surface area contributed by atoms with Crippen molar-refractivity contribution in [3.63, 3.8) is 0 Å². The van der Waals surface area contributed by atoms with E-state index in [0.717, 1.165) is 29.7 Å². The van der Waals surface area contributed by atoms with Crippen LogP contribution in [0.1, 0.15) is 39.2 Å². The molecule has 2 heterocycles. The van der Waals surface area contributed by atoms with Crippen molar-refractivity contribution >= 4 is 34.9 Å². The summed E-state index contributed by atoms with van der Waals surface area (Å²) in [4.78, 5) is 40.9. The van der Waals surface area contributed by atoms with E-state index in [-0.39, 0.29) is 24.4 Å². The lowest BCUT2D eigenvalue weighted by Gasteiger charge is -2.31. The molecule has 1 saturated heterocycles. The second kappa shape index (κ2) is 7.67. The number of fused-ring (bicyclic) bond motifs is 2. The maximum absolute atomic E-state index is 13.3. The summed E-state index contributed by atoms with van der Waals surface area (Å²) in [7, 11) is 0. The van der Waals surface area contributed by atoms with Crippen LogP contribution in [0.4, 0.5) is 10.5 Å². The fourth-order valence-corrected chi connectivity index (χ4v) is 5.35. The normalized spacial score (nSPS) is 19.9. The minimum absolute atomic E-state index is 0.173. The van der Waals surface area contributed by atoms with Crippen LogP contribution in [0.25, 0.3) is 0 Å². The highest BCUT2D eigenvalue weighted by molar-refractivity contribution is 7.10. The number of anilines is 1. The van der Waals surface area contributed by atoms with Crippen LogP contribution < -0.4 is 10.6 Å². The zero-order valence-electron chi connectivity index (χ0n) is 16.8. The van der Waals surface area contributed by atoms with Gasteiger partial charge in [0.15, 0.2) is 0 Å². The van der Waals surface area contributed by atoms with E-state index in [1.165, 1.54) is 9.78 Å². The van der Waals surface area contributed by atoms with Gasteiger partial charge in [-0.2, -0.15) is 0 Å².